The predicted molar refractivity (Wildman–Crippen MR) is 78.6 cm³/mol. The normalized spacial score (nSPS) is 26.9. The molecule has 5 nitrogen and oxygen atoms in total. The number of rotatable bonds is 5. The molecule has 3 unspecified atom stereocenters. The number of aliphatic carboxylic acids is 1. The van der Waals surface area contributed by atoms with Gasteiger partial charge in [0.15, 0.2) is 0 Å². The topological polar surface area (TPSA) is 78.4 Å². The van der Waals surface area contributed by atoms with E-state index in [0.29, 0.717) is 24.7 Å². The minimum absolute atomic E-state index is 0.154. The molecule has 0 saturated heterocycles. The smallest absolute Gasteiger partial charge is 0.329 e. The summed E-state index contributed by atoms with van der Waals surface area (Å²) in [5.41, 5.74) is -1.16. The number of carbonyl (C=O) groups excluding carboxylic acids is 1. The van der Waals surface area contributed by atoms with E-state index in [1.165, 1.54) is 0 Å². The van der Waals surface area contributed by atoms with Gasteiger partial charge in [-0.25, -0.2) is 9.59 Å². The van der Waals surface area contributed by atoms with Gasteiger partial charge in [-0.3, -0.25) is 0 Å². The van der Waals surface area contributed by atoms with Crippen LogP contribution in [0.4, 0.5) is 4.79 Å². The molecule has 0 aromatic carbocycles. The number of urea groups is 1. The van der Waals surface area contributed by atoms with Crippen LogP contribution in [0.2, 0.25) is 0 Å². The second-order valence-electron chi connectivity index (χ2n) is 6.16. The summed E-state index contributed by atoms with van der Waals surface area (Å²) in [6, 6.07) is -0.204. The highest BCUT2D eigenvalue weighted by atomic mass is 16.4. The Morgan fingerprint density at radius 1 is 1.15 bits per heavy atom. The maximum absolute atomic E-state index is 12.1. The zero-order chi connectivity index (χ0) is 15.3. The van der Waals surface area contributed by atoms with Crippen LogP contribution in [0.1, 0.15) is 59.8 Å². The van der Waals surface area contributed by atoms with E-state index in [0.717, 1.165) is 19.3 Å². The Hall–Kier alpha value is -1.26. The van der Waals surface area contributed by atoms with Gasteiger partial charge in [0.25, 0.3) is 0 Å². The van der Waals surface area contributed by atoms with Crippen molar-refractivity contribution in [3.63, 3.8) is 0 Å². The largest absolute Gasteiger partial charge is 0.480 e. The average Bonchev–Trinajstić information content (AvgIpc) is 2.40. The van der Waals surface area contributed by atoms with E-state index in [4.69, 9.17) is 0 Å². The van der Waals surface area contributed by atoms with E-state index in [1.807, 2.05) is 0 Å². The predicted octanol–water partition coefficient (Wildman–Crippen LogP) is 2.75. The molecule has 0 aromatic heterocycles. The van der Waals surface area contributed by atoms with Gasteiger partial charge >= 0.3 is 12.0 Å². The summed E-state index contributed by atoms with van der Waals surface area (Å²) < 4.78 is 0. The van der Waals surface area contributed by atoms with Crippen molar-refractivity contribution in [1.29, 1.82) is 0 Å². The fraction of sp³-hybridized carbons (Fsp3) is 0.867. The first-order chi connectivity index (χ1) is 9.34. The zero-order valence-corrected chi connectivity index (χ0v) is 13.0. The van der Waals surface area contributed by atoms with Crippen molar-refractivity contribution in [3.8, 4) is 0 Å². The fourth-order valence-electron chi connectivity index (χ4n) is 2.90. The van der Waals surface area contributed by atoms with E-state index in [2.05, 4.69) is 24.5 Å². The first-order valence-corrected chi connectivity index (χ1v) is 7.66. The third-order valence-corrected chi connectivity index (χ3v) is 4.90. The highest BCUT2D eigenvalue weighted by molar-refractivity contribution is 5.86. The molecule has 1 rings (SSSR count). The van der Waals surface area contributed by atoms with Crippen LogP contribution in [0.3, 0.4) is 0 Å². The van der Waals surface area contributed by atoms with Crippen molar-refractivity contribution in [2.75, 3.05) is 0 Å². The molecule has 3 N–H and O–H groups in total. The van der Waals surface area contributed by atoms with Gasteiger partial charge in [-0.15, -0.1) is 0 Å². The third-order valence-electron chi connectivity index (χ3n) is 4.90. The van der Waals surface area contributed by atoms with Crippen molar-refractivity contribution in [2.45, 2.75) is 71.4 Å². The van der Waals surface area contributed by atoms with Crippen LogP contribution in [-0.4, -0.2) is 28.7 Å². The van der Waals surface area contributed by atoms with E-state index in [-0.39, 0.29) is 12.1 Å². The van der Waals surface area contributed by atoms with Crippen LogP contribution in [0.15, 0.2) is 0 Å². The molecule has 0 heterocycles. The lowest BCUT2D eigenvalue weighted by Crippen LogP contribution is -2.58. The zero-order valence-electron chi connectivity index (χ0n) is 13.0. The van der Waals surface area contributed by atoms with Gasteiger partial charge in [0.2, 0.25) is 0 Å². The minimum Gasteiger partial charge on any atom is -0.480 e. The molecule has 1 aliphatic rings. The van der Waals surface area contributed by atoms with Gasteiger partial charge in [0.05, 0.1) is 0 Å². The molecule has 0 bridgehead atoms. The number of carbonyl (C=O) groups is 2. The monoisotopic (exact) mass is 284 g/mol. The fourth-order valence-corrected chi connectivity index (χ4v) is 2.90. The molecule has 0 aromatic rings. The van der Waals surface area contributed by atoms with Crippen LogP contribution >= 0.6 is 0 Å². The highest BCUT2D eigenvalue weighted by Gasteiger charge is 2.37. The molecule has 0 aliphatic heterocycles. The maximum atomic E-state index is 12.1. The molecule has 1 fully saturated rings. The number of amides is 2. The Morgan fingerprint density at radius 2 is 1.75 bits per heavy atom. The Labute approximate surface area is 121 Å². The molecular formula is C15H28N2O3. The number of hydrogen-bond donors (Lipinski definition) is 3. The van der Waals surface area contributed by atoms with E-state index in [9.17, 15) is 14.7 Å². The number of carboxylic acids is 1. The second-order valence-corrected chi connectivity index (χ2v) is 6.16. The molecule has 2 amide bonds. The Balaban J connectivity index is 2.56. The average molecular weight is 284 g/mol. The summed E-state index contributed by atoms with van der Waals surface area (Å²) in [6.07, 6.45) is 3.80. The minimum atomic E-state index is -1.16. The molecule has 1 aliphatic carbocycles. The van der Waals surface area contributed by atoms with Gasteiger partial charge in [-0.2, -0.15) is 0 Å². The lowest BCUT2D eigenvalue weighted by Gasteiger charge is -2.34. The SMILES string of the molecule is CCC(CC)(NC(=O)NC1CCC(C)C(C)C1)C(=O)O. The molecule has 3 atom stereocenters. The second kappa shape index (κ2) is 6.95. The van der Waals surface area contributed by atoms with Crippen molar-refractivity contribution in [1.82, 2.24) is 10.6 Å². The van der Waals surface area contributed by atoms with Crippen LogP contribution in [-0.2, 0) is 4.79 Å². The Bertz CT molecular complexity index is 353. The van der Waals surface area contributed by atoms with Crippen LogP contribution in [0.25, 0.3) is 0 Å². The molecule has 1 saturated carbocycles. The lowest BCUT2D eigenvalue weighted by atomic mass is 9.79. The van der Waals surface area contributed by atoms with Crippen LogP contribution in [0.5, 0.6) is 0 Å². The molecule has 0 spiro atoms. The first kappa shape index (κ1) is 16.8. The molecule has 116 valence electrons. The molecule has 5 heteroatoms. The lowest BCUT2D eigenvalue weighted by molar-refractivity contribution is -0.144. The van der Waals surface area contributed by atoms with E-state index < -0.39 is 11.5 Å². The number of nitrogens with one attached hydrogen (secondary N) is 2. The Morgan fingerprint density at radius 3 is 2.20 bits per heavy atom. The molecule has 20 heavy (non-hydrogen) atoms. The summed E-state index contributed by atoms with van der Waals surface area (Å²) in [4.78, 5) is 23.4. The van der Waals surface area contributed by atoms with E-state index in [1.54, 1.807) is 13.8 Å². The number of carboxylic acid groups (broad SMARTS) is 1. The highest BCUT2D eigenvalue weighted by Crippen LogP contribution is 2.29. The van der Waals surface area contributed by atoms with Crippen molar-refractivity contribution < 1.29 is 14.7 Å². The van der Waals surface area contributed by atoms with Gasteiger partial charge < -0.3 is 15.7 Å². The van der Waals surface area contributed by atoms with Gasteiger partial charge in [0, 0.05) is 6.04 Å². The summed E-state index contributed by atoms with van der Waals surface area (Å²) in [5.74, 6) is 0.319. The van der Waals surface area contributed by atoms with Crippen molar-refractivity contribution in [3.05, 3.63) is 0 Å². The first-order valence-electron chi connectivity index (χ1n) is 7.66. The van der Waals surface area contributed by atoms with Crippen LogP contribution in [0, 0.1) is 11.8 Å². The molecule has 0 radical (unpaired) electrons. The summed E-state index contributed by atoms with van der Waals surface area (Å²) in [7, 11) is 0. The van der Waals surface area contributed by atoms with Crippen molar-refractivity contribution >= 4 is 12.0 Å². The standard InChI is InChI=1S/C15H28N2O3/c1-5-15(6-2,13(18)19)17-14(20)16-12-8-7-10(3)11(4)9-12/h10-12H,5-9H2,1-4H3,(H,18,19)(H2,16,17,20). The quantitative estimate of drug-likeness (QED) is 0.726. The molecular weight excluding hydrogens is 256 g/mol. The van der Waals surface area contributed by atoms with E-state index >= 15 is 0 Å². The maximum Gasteiger partial charge on any atom is 0.329 e. The van der Waals surface area contributed by atoms with Crippen LogP contribution < -0.4 is 10.6 Å². The Kier molecular flexibility index (Phi) is 5.84. The van der Waals surface area contributed by atoms with Gasteiger partial charge in [0.1, 0.15) is 5.54 Å². The van der Waals surface area contributed by atoms with Gasteiger partial charge in [-0.1, -0.05) is 27.7 Å². The van der Waals surface area contributed by atoms with Crippen molar-refractivity contribution in [2.24, 2.45) is 11.8 Å². The summed E-state index contributed by atoms with van der Waals surface area (Å²) >= 11 is 0. The third kappa shape index (κ3) is 3.87. The summed E-state index contributed by atoms with van der Waals surface area (Å²) in [5, 5.41) is 14.9. The number of hydrogen-bond acceptors (Lipinski definition) is 2. The van der Waals surface area contributed by atoms with Gasteiger partial charge in [-0.05, 0) is 43.9 Å². The summed E-state index contributed by atoms with van der Waals surface area (Å²) in [6.45, 7) is 8.01.